The number of amides is 1. The van der Waals surface area contributed by atoms with Gasteiger partial charge in [0.25, 0.3) is 5.91 Å². The molecule has 4 nitrogen and oxygen atoms in total. The summed E-state index contributed by atoms with van der Waals surface area (Å²) >= 11 is 11.7. The van der Waals surface area contributed by atoms with Crippen molar-refractivity contribution in [2.24, 2.45) is 0 Å². The fraction of sp³-hybridized carbons (Fsp3) is 0. The zero-order valence-corrected chi connectivity index (χ0v) is 10.5. The van der Waals surface area contributed by atoms with Gasteiger partial charge in [0.2, 0.25) is 0 Å². The molecule has 0 aliphatic carbocycles. The van der Waals surface area contributed by atoms with Crippen molar-refractivity contribution in [3.8, 4) is 0 Å². The van der Waals surface area contributed by atoms with Crippen LogP contribution in [0.25, 0.3) is 0 Å². The van der Waals surface area contributed by atoms with Crippen LogP contribution in [-0.2, 0) is 0 Å². The minimum Gasteiger partial charge on any atom is -0.430 e. The van der Waals surface area contributed by atoms with Gasteiger partial charge in [-0.2, -0.15) is 0 Å². The third-order valence-electron chi connectivity index (χ3n) is 2.14. The Morgan fingerprint density at radius 2 is 1.94 bits per heavy atom. The van der Waals surface area contributed by atoms with Crippen LogP contribution >= 0.6 is 23.2 Å². The van der Waals surface area contributed by atoms with Crippen LogP contribution in [0.1, 0.15) is 10.4 Å². The van der Waals surface area contributed by atoms with Crippen LogP contribution in [0.2, 0.25) is 10.0 Å². The van der Waals surface area contributed by atoms with Crippen LogP contribution in [0.5, 0.6) is 0 Å². The second-order valence-corrected chi connectivity index (χ2v) is 4.27. The Morgan fingerprint density at radius 3 is 2.56 bits per heavy atom. The molecule has 0 aliphatic rings. The number of halogens is 2. The highest BCUT2D eigenvalue weighted by Gasteiger charge is 2.09. The lowest BCUT2D eigenvalue weighted by Gasteiger charge is -2.06. The van der Waals surface area contributed by atoms with Gasteiger partial charge in [-0.15, -0.1) is 0 Å². The Bertz CT molecular complexity index is 632. The number of hydrogen-bond acceptors (Lipinski definition) is 3. The summed E-state index contributed by atoms with van der Waals surface area (Å²) in [5.41, 5.74) is 0.133. The third kappa shape index (κ3) is 2.91. The van der Waals surface area contributed by atoms with Crippen molar-refractivity contribution in [1.29, 1.82) is 0 Å². The van der Waals surface area contributed by atoms with Gasteiger partial charge < -0.3 is 9.73 Å². The maximum Gasteiger partial charge on any atom is 0.335 e. The molecule has 1 aromatic carbocycles. The summed E-state index contributed by atoms with van der Waals surface area (Å²) in [6, 6.07) is 7.24. The molecule has 18 heavy (non-hydrogen) atoms. The molecule has 2 aromatic rings. The number of carbonyl (C=O) groups excluding carboxylic acids is 1. The predicted molar refractivity (Wildman–Crippen MR) is 69.4 cm³/mol. The lowest BCUT2D eigenvalue weighted by molar-refractivity contribution is 0.102. The molecule has 0 aliphatic heterocycles. The largest absolute Gasteiger partial charge is 0.430 e. The summed E-state index contributed by atoms with van der Waals surface area (Å²) in [5, 5.41) is 3.38. The first-order valence-electron chi connectivity index (χ1n) is 4.91. The molecular formula is C12H7Cl2NO3. The fourth-order valence-corrected chi connectivity index (χ4v) is 1.73. The summed E-state index contributed by atoms with van der Waals surface area (Å²) in [7, 11) is 0. The van der Waals surface area contributed by atoms with Crippen molar-refractivity contribution in [1.82, 2.24) is 0 Å². The number of benzene rings is 1. The van der Waals surface area contributed by atoms with Crippen LogP contribution in [0.15, 0.2) is 45.8 Å². The number of hydrogen-bond donors (Lipinski definition) is 1. The van der Waals surface area contributed by atoms with E-state index >= 15 is 0 Å². The van der Waals surface area contributed by atoms with E-state index in [1.54, 1.807) is 12.1 Å². The quantitative estimate of drug-likeness (QED) is 0.921. The van der Waals surface area contributed by atoms with Crippen molar-refractivity contribution in [2.45, 2.75) is 0 Å². The number of rotatable bonds is 2. The molecular weight excluding hydrogens is 277 g/mol. The van der Waals surface area contributed by atoms with Crippen molar-refractivity contribution in [3.05, 3.63) is 62.6 Å². The maximum atomic E-state index is 11.8. The van der Waals surface area contributed by atoms with Crippen LogP contribution in [0.4, 0.5) is 5.69 Å². The van der Waals surface area contributed by atoms with Gasteiger partial charge in [0.15, 0.2) is 0 Å². The summed E-state index contributed by atoms with van der Waals surface area (Å²) in [4.78, 5) is 22.6. The molecule has 1 amide bonds. The minimum atomic E-state index is -0.518. The molecule has 1 heterocycles. The monoisotopic (exact) mass is 283 g/mol. The van der Waals surface area contributed by atoms with E-state index in [-0.39, 0.29) is 5.56 Å². The van der Waals surface area contributed by atoms with E-state index < -0.39 is 11.5 Å². The van der Waals surface area contributed by atoms with Crippen LogP contribution in [0, 0.1) is 0 Å². The van der Waals surface area contributed by atoms with Gasteiger partial charge in [0, 0.05) is 11.1 Å². The Hall–Kier alpha value is -1.78. The van der Waals surface area contributed by atoms with Crippen molar-refractivity contribution < 1.29 is 9.21 Å². The van der Waals surface area contributed by atoms with E-state index in [0.717, 1.165) is 6.26 Å². The lowest BCUT2D eigenvalue weighted by atomic mass is 10.2. The van der Waals surface area contributed by atoms with Gasteiger partial charge in [0.1, 0.15) is 6.26 Å². The molecule has 1 aromatic heterocycles. The molecule has 0 unspecified atom stereocenters. The highest BCUT2D eigenvalue weighted by Crippen LogP contribution is 2.25. The molecule has 2 rings (SSSR count). The molecule has 6 heteroatoms. The van der Waals surface area contributed by atoms with Crippen LogP contribution in [-0.4, -0.2) is 5.91 Å². The molecule has 0 spiro atoms. The number of anilines is 1. The second kappa shape index (κ2) is 5.25. The zero-order valence-electron chi connectivity index (χ0n) is 8.94. The molecule has 0 saturated carbocycles. The standard InChI is InChI=1S/C12H7Cl2NO3/c13-8-2-3-10(9(14)5-8)15-12(17)7-1-4-11(16)18-6-7/h1-6H,(H,15,17). The number of carbonyl (C=O) groups is 1. The molecule has 0 bridgehead atoms. The first-order chi connectivity index (χ1) is 8.56. The predicted octanol–water partition coefficient (Wildman–Crippen LogP) is 3.20. The minimum absolute atomic E-state index is 0.223. The SMILES string of the molecule is O=C(Nc1ccc(Cl)cc1Cl)c1ccc(=O)oc1. The molecule has 1 N–H and O–H groups in total. The topological polar surface area (TPSA) is 59.3 Å². The molecule has 0 saturated heterocycles. The van der Waals surface area contributed by atoms with Gasteiger partial charge in [-0.1, -0.05) is 23.2 Å². The van der Waals surface area contributed by atoms with Crippen LogP contribution < -0.4 is 10.9 Å². The van der Waals surface area contributed by atoms with E-state index in [1.807, 2.05) is 0 Å². The summed E-state index contributed by atoms with van der Waals surface area (Å²) < 4.78 is 4.60. The van der Waals surface area contributed by atoms with Gasteiger partial charge in [0.05, 0.1) is 16.3 Å². The highest BCUT2D eigenvalue weighted by atomic mass is 35.5. The molecule has 0 fully saturated rings. The third-order valence-corrected chi connectivity index (χ3v) is 2.69. The van der Waals surface area contributed by atoms with E-state index in [2.05, 4.69) is 9.73 Å². The average Bonchev–Trinajstić information content (AvgIpc) is 2.33. The molecule has 0 radical (unpaired) electrons. The van der Waals surface area contributed by atoms with Gasteiger partial charge in [-0.25, -0.2) is 4.79 Å². The zero-order chi connectivity index (χ0) is 13.1. The summed E-state index contributed by atoms with van der Waals surface area (Å²) in [5.74, 6) is -0.428. The van der Waals surface area contributed by atoms with E-state index in [9.17, 15) is 9.59 Å². The Labute approximate surface area is 112 Å². The van der Waals surface area contributed by atoms with Crippen molar-refractivity contribution in [2.75, 3.05) is 5.32 Å². The fourth-order valence-electron chi connectivity index (χ4n) is 1.27. The lowest BCUT2D eigenvalue weighted by Crippen LogP contribution is -2.13. The van der Waals surface area contributed by atoms with E-state index in [1.165, 1.54) is 18.2 Å². The van der Waals surface area contributed by atoms with Crippen LogP contribution in [0.3, 0.4) is 0 Å². The van der Waals surface area contributed by atoms with E-state index in [0.29, 0.717) is 15.7 Å². The summed E-state index contributed by atoms with van der Waals surface area (Å²) in [6.07, 6.45) is 1.08. The Morgan fingerprint density at radius 1 is 1.17 bits per heavy atom. The Kier molecular flexibility index (Phi) is 3.69. The average molecular weight is 284 g/mol. The first kappa shape index (κ1) is 12.7. The van der Waals surface area contributed by atoms with Crippen molar-refractivity contribution >= 4 is 34.8 Å². The number of nitrogens with one attached hydrogen (secondary N) is 1. The highest BCUT2D eigenvalue weighted by molar-refractivity contribution is 6.36. The molecule has 92 valence electrons. The van der Waals surface area contributed by atoms with Crippen molar-refractivity contribution in [3.63, 3.8) is 0 Å². The van der Waals surface area contributed by atoms with Gasteiger partial charge in [-0.05, 0) is 24.3 Å². The summed E-state index contributed by atoms with van der Waals surface area (Å²) in [6.45, 7) is 0. The van der Waals surface area contributed by atoms with E-state index in [4.69, 9.17) is 23.2 Å². The maximum absolute atomic E-state index is 11.8. The normalized spacial score (nSPS) is 10.1. The second-order valence-electron chi connectivity index (χ2n) is 3.42. The first-order valence-corrected chi connectivity index (χ1v) is 5.67. The molecule has 0 atom stereocenters. The Balaban J connectivity index is 2.21. The van der Waals surface area contributed by atoms with Gasteiger partial charge in [-0.3, -0.25) is 4.79 Å². The smallest absolute Gasteiger partial charge is 0.335 e. The van der Waals surface area contributed by atoms with Gasteiger partial charge >= 0.3 is 5.63 Å².